The molecule has 1 aromatic rings. The van der Waals surface area contributed by atoms with Gasteiger partial charge in [-0.1, -0.05) is 6.07 Å². The molecule has 3 heteroatoms. The zero-order valence-corrected chi connectivity index (χ0v) is 14.6. The SMILES string of the molecule is CC1CCCN1CCN1CCc2cc(N3CCCC3)ccc2C1. The summed E-state index contributed by atoms with van der Waals surface area (Å²) in [5, 5.41) is 0. The minimum atomic E-state index is 0.801. The van der Waals surface area contributed by atoms with E-state index in [1.807, 2.05) is 0 Å². The van der Waals surface area contributed by atoms with E-state index >= 15 is 0 Å². The molecule has 126 valence electrons. The van der Waals surface area contributed by atoms with E-state index in [0.29, 0.717) is 0 Å². The molecule has 3 nitrogen and oxygen atoms in total. The van der Waals surface area contributed by atoms with Crippen molar-refractivity contribution >= 4 is 5.69 Å². The quantitative estimate of drug-likeness (QED) is 0.845. The van der Waals surface area contributed by atoms with Crippen molar-refractivity contribution in [3.63, 3.8) is 0 Å². The molecule has 1 aromatic carbocycles. The lowest BCUT2D eigenvalue weighted by molar-refractivity contribution is 0.189. The summed E-state index contributed by atoms with van der Waals surface area (Å²) in [4.78, 5) is 7.89. The average molecular weight is 313 g/mol. The van der Waals surface area contributed by atoms with Crippen LogP contribution in [0.5, 0.6) is 0 Å². The summed E-state index contributed by atoms with van der Waals surface area (Å²) in [6.45, 7) is 11.1. The van der Waals surface area contributed by atoms with Gasteiger partial charge in [0, 0.05) is 51.0 Å². The fourth-order valence-corrected chi connectivity index (χ4v) is 4.56. The van der Waals surface area contributed by atoms with Crippen LogP contribution in [0.1, 0.15) is 43.7 Å². The van der Waals surface area contributed by atoms with E-state index in [1.54, 1.807) is 11.1 Å². The van der Waals surface area contributed by atoms with E-state index in [2.05, 4.69) is 39.8 Å². The summed E-state index contributed by atoms with van der Waals surface area (Å²) >= 11 is 0. The first-order valence-electron chi connectivity index (χ1n) is 9.63. The molecule has 0 aromatic heterocycles. The third-order valence-electron chi connectivity index (χ3n) is 6.15. The van der Waals surface area contributed by atoms with Crippen LogP contribution in [0.15, 0.2) is 18.2 Å². The highest BCUT2D eigenvalue weighted by molar-refractivity contribution is 5.52. The Morgan fingerprint density at radius 3 is 2.61 bits per heavy atom. The fraction of sp³-hybridized carbons (Fsp3) is 0.700. The minimum absolute atomic E-state index is 0.801. The second kappa shape index (κ2) is 6.82. The van der Waals surface area contributed by atoms with Crippen LogP contribution in [0, 0.1) is 0 Å². The van der Waals surface area contributed by atoms with Crippen molar-refractivity contribution in [2.75, 3.05) is 44.2 Å². The van der Waals surface area contributed by atoms with E-state index in [-0.39, 0.29) is 0 Å². The minimum Gasteiger partial charge on any atom is -0.372 e. The largest absolute Gasteiger partial charge is 0.372 e. The zero-order valence-electron chi connectivity index (χ0n) is 14.6. The molecule has 0 aliphatic carbocycles. The molecule has 23 heavy (non-hydrogen) atoms. The number of hydrogen-bond acceptors (Lipinski definition) is 3. The average Bonchev–Trinajstić information content (AvgIpc) is 3.24. The molecule has 3 heterocycles. The molecule has 0 bridgehead atoms. The summed E-state index contributed by atoms with van der Waals surface area (Å²) < 4.78 is 0. The van der Waals surface area contributed by atoms with Gasteiger partial charge in [-0.2, -0.15) is 0 Å². The Balaban J connectivity index is 1.35. The Labute approximate surface area is 141 Å². The number of benzene rings is 1. The lowest BCUT2D eigenvalue weighted by Gasteiger charge is -2.32. The zero-order chi connectivity index (χ0) is 15.6. The second-order valence-electron chi connectivity index (χ2n) is 7.70. The van der Waals surface area contributed by atoms with E-state index in [0.717, 1.165) is 12.6 Å². The second-order valence-corrected chi connectivity index (χ2v) is 7.70. The molecular formula is C20H31N3. The van der Waals surface area contributed by atoms with Gasteiger partial charge >= 0.3 is 0 Å². The van der Waals surface area contributed by atoms with Crippen LogP contribution in [0.3, 0.4) is 0 Å². The van der Waals surface area contributed by atoms with Gasteiger partial charge in [0.1, 0.15) is 0 Å². The molecular weight excluding hydrogens is 282 g/mol. The summed E-state index contributed by atoms with van der Waals surface area (Å²) in [5.74, 6) is 0. The van der Waals surface area contributed by atoms with Crippen molar-refractivity contribution in [1.82, 2.24) is 9.80 Å². The molecule has 0 amide bonds. The van der Waals surface area contributed by atoms with E-state index in [9.17, 15) is 0 Å². The van der Waals surface area contributed by atoms with Gasteiger partial charge in [-0.25, -0.2) is 0 Å². The van der Waals surface area contributed by atoms with E-state index < -0.39 is 0 Å². The van der Waals surface area contributed by atoms with Gasteiger partial charge < -0.3 is 4.90 Å². The molecule has 4 rings (SSSR count). The van der Waals surface area contributed by atoms with Crippen molar-refractivity contribution in [2.45, 2.75) is 51.6 Å². The van der Waals surface area contributed by atoms with E-state index in [4.69, 9.17) is 0 Å². The lowest BCUT2D eigenvalue weighted by Crippen LogP contribution is -2.39. The van der Waals surface area contributed by atoms with Crippen molar-refractivity contribution in [1.29, 1.82) is 0 Å². The predicted octanol–water partition coefficient (Wildman–Crippen LogP) is 3.13. The number of rotatable bonds is 4. The Hall–Kier alpha value is -1.06. The van der Waals surface area contributed by atoms with Crippen LogP contribution in [-0.2, 0) is 13.0 Å². The number of likely N-dealkylation sites (tertiary alicyclic amines) is 1. The maximum Gasteiger partial charge on any atom is 0.0369 e. The summed E-state index contributed by atoms with van der Waals surface area (Å²) in [6.07, 6.45) is 6.73. The van der Waals surface area contributed by atoms with Gasteiger partial charge in [0.15, 0.2) is 0 Å². The number of anilines is 1. The summed E-state index contributed by atoms with van der Waals surface area (Å²) in [7, 11) is 0. The fourth-order valence-electron chi connectivity index (χ4n) is 4.56. The van der Waals surface area contributed by atoms with Crippen molar-refractivity contribution in [3.05, 3.63) is 29.3 Å². The number of nitrogens with zero attached hydrogens (tertiary/aromatic N) is 3. The van der Waals surface area contributed by atoms with Crippen molar-refractivity contribution in [2.24, 2.45) is 0 Å². The third-order valence-corrected chi connectivity index (χ3v) is 6.15. The van der Waals surface area contributed by atoms with Crippen LogP contribution in [0.4, 0.5) is 5.69 Å². The standard InChI is InChI=1S/C20H31N3/c1-17-5-4-11-22(17)14-13-21-12-8-18-15-20(7-6-19(18)16-21)23-9-2-3-10-23/h6-7,15,17H,2-5,8-14,16H2,1H3. The van der Waals surface area contributed by atoms with Crippen LogP contribution < -0.4 is 4.90 Å². The Kier molecular flexibility index (Phi) is 4.59. The normalized spacial score (nSPS) is 26.0. The van der Waals surface area contributed by atoms with Gasteiger partial charge in [-0.15, -0.1) is 0 Å². The summed E-state index contributed by atoms with van der Waals surface area (Å²) in [5.41, 5.74) is 4.62. The number of hydrogen-bond donors (Lipinski definition) is 0. The molecule has 2 fully saturated rings. The molecule has 3 aliphatic heterocycles. The summed E-state index contributed by atoms with van der Waals surface area (Å²) in [6, 6.07) is 8.03. The van der Waals surface area contributed by atoms with Crippen LogP contribution in [-0.4, -0.2) is 55.1 Å². The Morgan fingerprint density at radius 1 is 0.957 bits per heavy atom. The van der Waals surface area contributed by atoms with Crippen molar-refractivity contribution < 1.29 is 0 Å². The smallest absolute Gasteiger partial charge is 0.0369 e. The molecule has 0 radical (unpaired) electrons. The number of fused-ring (bicyclic) bond motifs is 1. The highest BCUT2D eigenvalue weighted by atomic mass is 15.2. The van der Waals surface area contributed by atoms with Gasteiger partial charge in [0.25, 0.3) is 0 Å². The highest BCUT2D eigenvalue weighted by Crippen LogP contribution is 2.27. The van der Waals surface area contributed by atoms with Gasteiger partial charge in [-0.05, 0) is 68.8 Å². The Morgan fingerprint density at radius 2 is 1.83 bits per heavy atom. The first-order valence-corrected chi connectivity index (χ1v) is 9.63. The van der Waals surface area contributed by atoms with Crippen LogP contribution in [0.25, 0.3) is 0 Å². The molecule has 0 N–H and O–H groups in total. The first kappa shape index (κ1) is 15.5. The van der Waals surface area contributed by atoms with Gasteiger partial charge in [0.2, 0.25) is 0 Å². The van der Waals surface area contributed by atoms with Gasteiger partial charge in [-0.3, -0.25) is 9.80 Å². The molecule has 2 saturated heterocycles. The van der Waals surface area contributed by atoms with Crippen molar-refractivity contribution in [3.8, 4) is 0 Å². The molecule has 1 unspecified atom stereocenters. The van der Waals surface area contributed by atoms with Crippen LogP contribution >= 0.6 is 0 Å². The third kappa shape index (κ3) is 3.41. The predicted molar refractivity (Wildman–Crippen MR) is 97.1 cm³/mol. The maximum absolute atomic E-state index is 2.67. The first-order chi connectivity index (χ1) is 11.3. The van der Waals surface area contributed by atoms with E-state index in [1.165, 1.54) is 77.1 Å². The maximum atomic E-state index is 2.67. The topological polar surface area (TPSA) is 9.72 Å². The highest BCUT2D eigenvalue weighted by Gasteiger charge is 2.22. The Bertz CT molecular complexity index is 536. The molecule has 3 aliphatic rings. The van der Waals surface area contributed by atoms with Crippen LogP contribution in [0.2, 0.25) is 0 Å². The molecule has 0 spiro atoms. The van der Waals surface area contributed by atoms with Gasteiger partial charge in [0.05, 0.1) is 0 Å². The monoisotopic (exact) mass is 313 g/mol. The lowest BCUT2D eigenvalue weighted by atomic mass is 9.98. The molecule has 1 atom stereocenters. The molecule has 0 saturated carbocycles.